The average Bonchev–Trinajstić information content (AvgIpc) is 3.46. The quantitative estimate of drug-likeness (QED) is 0.786. The highest BCUT2D eigenvalue weighted by Gasteiger charge is 2.26. The summed E-state index contributed by atoms with van der Waals surface area (Å²) in [5, 5.41) is 3.66. The molecule has 1 saturated carbocycles. The third-order valence-corrected chi connectivity index (χ3v) is 4.96. The molecule has 1 saturated heterocycles. The Balaban J connectivity index is 1.57. The Bertz CT molecular complexity index is 578. The summed E-state index contributed by atoms with van der Waals surface area (Å²) >= 11 is 0. The Kier molecular flexibility index (Phi) is 6.19. The van der Waals surface area contributed by atoms with Gasteiger partial charge in [0.15, 0.2) is 11.5 Å². The van der Waals surface area contributed by atoms with Crippen molar-refractivity contribution >= 4 is 5.91 Å². The molecule has 0 unspecified atom stereocenters. The van der Waals surface area contributed by atoms with Gasteiger partial charge in [-0.05, 0) is 70.2 Å². The standard InChI is InChI=1S/C20H30N2O3/c1-3-24-18-8-7-16(13-19(18)25-4-2)20(23)22-11-9-17(10-12-22)21-14-15-5-6-15/h7-8,13,15,17,21H,3-6,9-12,14H2,1-2H3. The molecule has 0 radical (unpaired) electrons. The summed E-state index contributed by atoms with van der Waals surface area (Å²) in [6.07, 6.45) is 4.83. The Morgan fingerprint density at radius 1 is 1.08 bits per heavy atom. The zero-order chi connectivity index (χ0) is 17.6. The van der Waals surface area contributed by atoms with Gasteiger partial charge >= 0.3 is 0 Å². The molecule has 0 bridgehead atoms. The summed E-state index contributed by atoms with van der Waals surface area (Å²) in [4.78, 5) is 14.8. The van der Waals surface area contributed by atoms with E-state index in [1.54, 1.807) is 0 Å². The van der Waals surface area contributed by atoms with Crippen molar-refractivity contribution in [3.05, 3.63) is 23.8 Å². The van der Waals surface area contributed by atoms with Crippen molar-refractivity contribution in [3.8, 4) is 11.5 Å². The summed E-state index contributed by atoms with van der Waals surface area (Å²) in [6, 6.07) is 6.05. The normalized spacial score (nSPS) is 18.2. The van der Waals surface area contributed by atoms with Crippen molar-refractivity contribution in [1.82, 2.24) is 10.2 Å². The van der Waals surface area contributed by atoms with Crippen molar-refractivity contribution in [3.63, 3.8) is 0 Å². The van der Waals surface area contributed by atoms with E-state index in [1.165, 1.54) is 12.8 Å². The van der Waals surface area contributed by atoms with Crippen LogP contribution in [0.15, 0.2) is 18.2 Å². The maximum Gasteiger partial charge on any atom is 0.253 e. The van der Waals surface area contributed by atoms with E-state index in [9.17, 15) is 4.79 Å². The molecule has 5 heteroatoms. The second kappa shape index (κ2) is 8.56. The number of hydrogen-bond donors (Lipinski definition) is 1. The minimum Gasteiger partial charge on any atom is -0.490 e. The minimum atomic E-state index is 0.0876. The molecule has 5 nitrogen and oxygen atoms in total. The lowest BCUT2D eigenvalue weighted by Gasteiger charge is -2.32. The first-order valence-electron chi connectivity index (χ1n) is 9.63. The summed E-state index contributed by atoms with van der Waals surface area (Å²) in [6.45, 7) is 7.79. The topological polar surface area (TPSA) is 50.8 Å². The molecule has 2 aliphatic rings. The van der Waals surface area contributed by atoms with E-state index in [0.717, 1.165) is 38.4 Å². The van der Waals surface area contributed by atoms with Gasteiger partial charge in [-0.1, -0.05) is 0 Å². The SMILES string of the molecule is CCOc1ccc(C(=O)N2CCC(NCC3CC3)CC2)cc1OCC. The molecule has 1 heterocycles. The van der Waals surface area contributed by atoms with Crippen LogP contribution in [0.4, 0.5) is 0 Å². The van der Waals surface area contributed by atoms with Gasteiger partial charge in [-0.25, -0.2) is 0 Å². The van der Waals surface area contributed by atoms with E-state index in [2.05, 4.69) is 5.32 Å². The highest BCUT2D eigenvalue weighted by atomic mass is 16.5. The number of rotatable bonds is 8. The zero-order valence-corrected chi connectivity index (χ0v) is 15.4. The van der Waals surface area contributed by atoms with Gasteiger partial charge in [0, 0.05) is 24.7 Å². The highest BCUT2D eigenvalue weighted by Crippen LogP contribution is 2.30. The number of amides is 1. The lowest BCUT2D eigenvalue weighted by atomic mass is 10.0. The van der Waals surface area contributed by atoms with Crippen LogP contribution in [0.3, 0.4) is 0 Å². The van der Waals surface area contributed by atoms with Crippen molar-refractivity contribution in [2.24, 2.45) is 5.92 Å². The monoisotopic (exact) mass is 346 g/mol. The maximum absolute atomic E-state index is 12.8. The molecule has 1 aliphatic carbocycles. The third-order valence-electron chi connectivity index (χ3n) is 4.96. The third kappa shape index (κ3) is 4.88. The van der Waals surface area contributed by atoms with Gasteiger partial charge in [-0.15, -0.1) is 0 Å². The Labute approximate surface area is 150 Å². The van der Waals surface area contributed by atoms with Gasteiger partial charge in [-0.3, -0.25) is 4.79 Å². The van der Waals surface area contributed by atoms with E-state index < -0.39 is 0 Å². The van der Waals surface area contributed by atoms with Crippen molar-refractivity contribution < 1.29 is 14.3 Å². The van der Waals surface area contributed by atoms with Crippen LogP contribution in [0.1, 0.15) is 49.9 Å². The molecule has 25 heavy (non-hydrogen) atoms. The first-order chi connectivity index (χ1) is 12.2. The number of nitrogens with zero attached hydrogens (tertiary/aromatic N) is 1. The van der Waals surface area contributed by atoms with Gasteiger partial charge in [0.2, 0.25) is 0 Å². The lowest BCUT2D eigenvalue weighted by Crippen LogP contribution is -2.45. The molecule has 1 N–H and O–H groups in total. The van der Waals surface area contributed by atoms with Gasteiger partial charge in [-0.2, -0.15) is 0 Å². The Morgan fingerprint density at radius 3 is 2.40 bits per heavy atom. The molecular weight excluding hydrogens is 316 g/mol. The molecule has 0 aromatic heterocycles. The summed E-state index contributed by atoms with van der Waals surface area (Å²) in [5.74, 6) is 2.34. The van der Waals surface area contributed by atoms with E-state index in [4.69, 9.17) is 9.47 Å². The number of hydrogen-bond acceptors (Lipinski definition) is 4. The van der Waals surface area contributed by atoms with E-state index in [1.807, 2.05) is 36.9 Å². The first-order valence-corrected chi connectivity index (χ1v) is 9.63. The number of carbonyl (C=O) groups is 1. The van der Waals surface area contributed by atoms with Crippen LogP contribution in [0, 0.1) is 5.92 Å². The predicted molar refractivity (Wildman–Crippen MR) is 98.4 cm³/mol. The van der Waals surface area contributed by atoms with Gasteiger partial charge < -0.3 is 19.7 Å². The molecule has 1 aliphatic heterocycles. The molecule has 3 rings (SSSR count). The molecule has 1 aromatic rings. The summed E-state index contributed by atoms with van der Waals surface area (Å²) in [7, 11) is 0. The van der Waals surface area contributed by atoms with Crippen LogP contribution in [0.25, 0.3) is 0 Å². The zero-order valence-electron chi connectivity index (χ0n) is 15.4. The molecular formula is C20H30N2O3. The number of piperidine rings is 1. The van der Waals surface area contributed by atoms with E-state index >= 15 is 0 Å². The fraction of sp³-hybridized carbons (Fsp3) is 0.650. The van der Waals surface area contributed by atoms with Crippen LogP contribution in [0.2, 0.25) is 0 Å². The smallest absolute Gasteiger partial charge is 0.253 e. The summed E-state index contributed by atoms with van der Waals surface area (Å²) in [5.41, 5.74) is 0.677. The fourth-order valence-corrected chi connectivity index (χ4v) is 3.31. The van der Waals surface area contributed by atoms with Crippen LogP contribution in [-0.2, 0) is 0 Å². The lowest BCUT2D eigenvalue weighted by molar-refractivity contribution is 0.0704. The van der Waals surface area contributed by atoms with Gasteiger partial charge in [0.1, 0.15) is 0 Å². The number of benzene rings is 1. The van der Waals surface area contributed by atoms with Crippen molar-refractivity contribution in [2.75, 3.05) is 32.8 Å². The molecule has 138 valence electrons. The Hall–Kier alpha value is -1.75. The summed E-state index contributed by atoms with van der Waals surface area (Å²) < 4.78 is 11.2. The van der Waals surface area contributed by atoms with Crippen LogP contribution >= 0.6 is 0 Å². The van der Waals surface area contributed by atoms with E-state index in [0.29, 0.717) is 36.3 Å². The van der Waals surface area contributed by atoms with E-state index in [-0.39, 0.29) is 5.91 Å². The predicted octanol–water partition coefficient (Wildman–Crippen LogP) is 3.09. The average molecular weight is 346 g/mol. The molecule has 0 spiro atoms. The molecule has 1 aromatic carbocycles. The minimum absolute atomic E-state index is 0.0876. The number of ether oxygens (including phenoxy) is 2. The molecule has 1 amide bonds. The first kappa shape index (κ1) is 18.1. The highest BCUT2D eigenvalue weighted by molar-refractivity contribution is 5.95. The largest absolute Gasteiger partial charge is 0.490 e. The van der Waals surface area contributed by atoms with Gasteiger partial charge in [0.05, 0.1) is 13.2 Å². The van der Waals surface area contributed by atoms with Gasteiger partial charge in [0.25, 0.3) is 5.91 Å². The number of likely N-dealkylation sites (tertiary alicyclic amines) is 1. The van der Waals surface area contributed by atoms with Crippen molar-refractivity contribution in [1.29, 1.82) is 0 Å². The van der Waals surface area contributed by atoms with Crippen LogP contribution in [0.5, 0.6) is 11.5 Å². The van der Waals surface area contributed by atoms with Crippen molar-refractivity contribution in [2.45, 2.75) is 45.6 Å². The fourth-order valence-electron chi connectivity index (χ4n) is 3.31. The number of carbonyl (C=O) groups excluding carboxylic acids is 1. The Morgan fingerprint density at radius 2 is 1.76 bits per heavy atom. The maximum atomic E-state index is 12.8. The molecule has 0 atom stereocenters. The number of nitrogens with one attached hydrogen (secondary N) is 1. The van der Waals surface area contributed by atoms with Crippen LogP contribution in [-0.4, -0.2) is 49.7 Å². The second-order valence-electron chi connectivity index (χ2n) is 6.95. The van der Waals surface area contributed by atoms with Crippen LogP contribution < -0.4 is 14.8 Å². The molecule has 2 fully saturated rings. The second-order valence-corrected chi connectivity index (χ2v) is 6.95.